The van der Waals surface area contributed by atoms with Crippen LogP contribution in [0, 0.1) is 20.2 Å². The molecule has 0 aliphatic rings. The first-order chi connectivity index (χ1) is 10.5. The number of non-ortho nitro benzene ring substituents is 1. The quantitative estimate of drug-likeness (QED) is 0.599. The summed E-state index contributed by atoms with van der Waals surface area (Å²) >= 11 is 0. The minimum absolute atomic E-state index is 0.0503. The molecule has 8 heteroatoms. The standard InChI is InChI=1S/C14H12N2O6/c1-21-14-8-11(15(17)18)6-7-13(14)22-9-10-4-2-3-5-12(10)16(19)20/h2-8H,9H2,1H3. The molecule has 0 unspecified atom stereocenters. The van der Waals surface area contributed by atoms with E-state index in [-0.39, 0.29) is 29.5 Å². The van der Waals surface area contributed by atoms with Gasteiger partial charge in [0.15, 0.2) is 11.5 Å². The summed E-state index contributed by atoms with van der Waals surface area (Å²) < 4.78 is 10.5. The van der Waals surface area contributed by atoms with Crippen molar-refractivity contribution >= 4 is 11.4 Å². The molecule has 0 saturated heterocycles. The Labute approximate surface area is 125 Å². The smallest absolute Gasteiger partial charge is 0.276 e. The predicted molar refractivity (Wildman–Crippen MR) is 77.1 cm³/mol. The number of rotatable bonds is 6. The van der Waals surface area contributed by atoms with Crippen molar-refractivity contribution in [3.63, 3.8) is 0 Å². The molecule has 0 N–H and O–H groups in total. The summed E-state index contributed by atoms with van der Waals surface area (Å²) in [7, 11) is 1.36. The van der Waals surface area contributed by atoms with Crippen LogP contribution in [-0.2, 0) is 6.61 Å². The van der Waals surface area contributed by atoms with Gasteiger partial charge in [0.25, 0.3) is 11.4 Å². The highest BCUT2D eigenvalue weighted by atomic mass is 16.6. The third-order valence-electron chi connectivity index (χ3n) is 2.93. The Kier molecular flexibility index (Phi) is 4.52. The fourth-order valence-electron chi connectivity index (χ4n) is 1.86. The highest BCUT2D eigenvalue weighted by Gasteiger charge is 2.15. The molecule has 0 radical (unpaired) electrons. The maximum absolute atomic E-state index is 10.9. The van der Waals surface area contributed by atoms with Crippen molar-refractivity contribution in [2.24, 2.45) is 0 Å². The van der Waals surface area contributed by atoms with E-state index in [4.69, 9.17) is 9.47 Å². The van der Waals surface area contributed by atoms with E-state index in [0.29, 0.717) is 5.56 Å². The van der Waals surface area contributed by atoms with Crippen LogP contribution < -0.4 is 9.47 Å². The van der Waals surface area contributed by atoms with Crippen LogP contribution in [0.2, 0.25) is 0 Å². The molecule has 114 valence electrons. The second-order valence-corrected chi connectivity index (χ2v) is 4.27. The third kappa shape index (κ3) is 3.29. The lowest BCUT2D eigenvalue weighted by Gasteiger charge is -2.10. The lowest BCUT2D eigenvalue weighted by molar-refractivity contribution is -0.385. The Morgan fingerprint density at radius 2 is 1.73 bits per heavy atom. The lowest BCUT2D eigenvalue weighted by Crippen LogP contribution is -2.01. The largest absolute Gasteiger partial charge is 0.493 e. The van der Waals surface area contributed by atoms with Gasteiger partial charge in [0.05, 0.1) is 28.6 Å². The first-order valence-electron chi connectivity index (χ1n) is 6.20. The zero-order valence-corrected chi connectivity index (χ0v) is 11.6. The van der Waals surface area contributed by atoms with Crippen molar-refractivity contribution in [2.75, 3.05) is 7.11 Å². The molecule has 22 heavy (non-hydrogen) atoms. The zero-order valence-electron chi connectivity index (χ0n) is 11.6. The van der Waals surface area contributed by atoms with Gasteiger partial charge in [-0.05, 0) is 12.1 Å². The van der Waals surface area contributed by atoms with Crippen LogP contribution in [0.3, 0.4) is 0 Å². The zero-order chi connectivity index (χ0) is 16.1. The van der Waals surface area contributed by atoms with Crippen molar-refractivity contribution in [1.82, 2.24) is 0 Å². The van der Waals surface area contributed by atoms with Gasteiger partial charge in [0.1, 0.15) is 6.61 Å². The van der Waals surface area contributed by atoms with Gasteiger partial charge in [-0.2, -0.15) is 0 Å². The second kappa shape index (κ2) is 6.53. The molecule has 8 nitrogen and oxygen atoms in total. The van der Waals surface area contributed by atoms with Gasteiger partial charge < -0.3 is 9.47 Å². The summed E-state index contributed by atoms with van der Waals surface area (Å²) in [4.78, 5) is 20.6. The first-order valence-corrected chi connectivity index (χ1v) is 6.20. The highest BCUT2D eigenvalue weighted by molar-refractivity contribution is 5.49. The summed E-state index contributed by atoms with van der Waals surface area (Å²) in [6.07, 6.45) is 0. The van der Waals surface area contributed by atoms with Crippen molar-refractivity contribution in [1.29, 1.82) is 0 Å². The number of nitro groups is 2. The fourth-order valence-corrected chi connectivity index (χ4v) is 1.86. The molecule has 0 aromatic heterocycles. The van der Waals surface area contributed by atoms with Crippen LogP contribution in [0.1, 0.15) is 5.56 Å². The summed E-state index contributed by atoms with van der Waals surface area (Å²) in [6.45, 7) is -0.0503. The predicted octanol–water partition coefficient (Wildman–Crippen LogP) is 3.09. The van der Waals surface area contributed by atoms with Crippen molar-refractivity contribution in [3.8, 4) is 11.5 Å². The molecule has 2 rings (SSSR count). The second-order valence-electron chi connectivity index (χ2n) is 4.27. The van der Waals surface area contributed by atoms with Crippen LogP contribution in [0.25, 0.3) is 0 Å². The Balaban J connectivity index is 2.22. The molecule has 0 bridgehead atoms. The maximum atomic E-state index is 10.9. The number of methoxy groups -OCH3 is 1. The average Bonchev–Trinajstić information content (AvgIpc) is 2.52. The molecule has 0 atom stereocenters. The number of hydrogen-bond donors (Lipinski definition) is 0. The summed E-state index contributed by atoms with van der Waals surface area (Å²) in [5, 5.41) is 21.6. The van der Waals surface area contributed by atoms with Crippen molar-refractivity contribution < 1.29 is 19.3 Å². The summed E-state index contributed by atoms with van der Waals surface area (Å²) in [6, 6.07) is 10.1. The van der Waals surface area contributed by atoms with E-state index in [9.17, 15) is 20.2 Å². The average molecular weight is 304 g/mol. The molecule has 2 aromatic rings. The lowest BCUT2D eigenvalue weighted by atomic mass is 10.2. The van der Waals surface area contributed by atoms with Gasteiger partial charge in [0.2, 0.25) is 0 Å². The number of nitro benzene ring substituents is 2. The van der Waals surface area contributed by atoms with Gasteiger partial charge >= 0.3 is 0 Å². The van der Waals surface area contributed by atoms with E-state index < -0.39 is 9.85 Å². The minimum Gasteiger partial charge on any atom is -0.493 e. The normalized spacial score (nSPS) is 10.0. The molecule has 2 aromatic carbocycles. The van der Waals surface area contributed by atoms with Crippen molar-refractivity contribution in [2.45, 2.75) is 6.61 Å². The molecule has 0 heterocycles. The number of benzene rings is 2. The van der Waals surface area contributed by atoms with E-state index in [1.807, 2.05) is 0 Å². The Hall–Kier alpha value is -3.16. The molecular weight excluding hydrogens is 292 g/mol. The topological polar surface area (TPSA) is 105 Å². The maximum Gasteiger partial charge on any atom is 0.276 e. The number of para-hydroxylation sites is 1. The van der Waals surface area contributed by atoms with Gasteiger partial charge in [-0.25, -0.2) is 0 Å². The first kappa shape index (κ1) is 15.2. The van der Waals surface area contributed by atoms with Crippen LogP contribution in [-0.4, -0.2) is 17.0 Å². The SMILES string of the molecule is COc1cc([N+](=O)[O-])ccc1OCc1ccccc1[N+](=O)[O-]. The van der Waals surface area contributed by atoms with Crippen LogP contribution in [0.5, 0.6) is 11.5 Å². The molecule has 0 saturated carbocycles. The third-order valence-corrected chi connectivity index (χ3v) is 2.93. The Morgan fingerprint density at radius 3 is 2.36 bits per heavy atom. The van der Waals surface area contributed by atoms with Gasteiger partial charge in [0, 0.05) is 12.1 Å². The molecule has 0 aliphatic carbocycles. The summed E-state index contributed by atoms with van der Waals surface area (Å²) in [5.74, 6) is 0.457. The van der Waals surface area contributed by atoms with E-state index in [0.717, 1.165) is 0 Å². The van der Waals surface area contributed by atoms with E-state index in [1.54, 1.807) is 18.2 Å². The van der Waals surface area contributed by atoms with Crippen LogP contribution >= 0.6 is 0 Å². The minimum atomic E-state index is -0.547. The summed E-state index contributed by atoms with van der Waals surface area (Å²) in [5.41, 5.74) is 0.214. The molecule has 0 spiro atoms. The monoisotopic (exact) mass is 304 g/mol. The Morgan fingerprint density at radius 1 is 1.00 bits per heavy atom. The van der Waals surface area contributed by atoms with Crippen LogP contribution in [0.4, 0.5) is 11.4 Å². The number of hydrogen-bond acceptors (Lipinski definition) is 6. The molecule has 0 amide bonds. The van der Waals surface area contributed by atoms with E-state index in [1.165, 1.54) is 31.4 Å². The van der Waals surface area contributed by atoms with Gasteiger partial charge in [-0.15, -0.1) is 0 Å². The fraction of sp³-hybridized carbons (Fsp3) is 0.143. The van der Waals surface area contributed by atoms with Crippen molar-refractivity contribution in [3.05, 3.63) is 68.3 Å². The molecule has 0 fully saturated rings. The van der Waals surface area contributed by atoms with E-state index >= 15 is 0 Å². The van der Waals surface area contributed by atoms with Gasteiger partial charge in [-0.1, -0.05) is 12.1 Å². The molecule has 0 aliphatic heterocycles. The molecular formula is C14H12N2O6. The van der Waals surface area contributed by atoms with Gasteiger partial charge in [-0.3, -0.25) is 20.2 Å². The number of nitrogens with zero attached hydrogens (tertiary/aromatic N) is 2. The van der Waals surface area contributed by atoms with E-state index in [2.05, 4.69) is 0 Å². The Bertz CT molecular complexity index is 716. The van der Waals surface area contributed by atoms with Crippen LogP contribution in [0.15, 0.2) is 42.5 Å². The highest BCUT2D eigenvalue weighted by Crippen LogP contribution is 2.32. The number of ether oxygens (including phenoxy) is 2.